The van der Waals surface area contributed by atoms with Gasteiger partial charge in [0.1, 0.15) is 0 Å². The second-order valence-electron chi connectivity index (χ2n) is 5.66. The summed E-state index contributed by atoms with van der Waals surface area (Å²) in [4.78, 5) is 2.57. The summed E-state index contributed by atoms with van der Waals surface area (Å²) in [5.41, 5.74) is 5.46. The molecular formula is C13H27N3. The molecule has 0 radical (unpaired) electrons. The highest BCUT2D eigenvalue weighted by atomic mass is 15.1. The molecule has 0 saturated carbocycles. The van der Waals surface area contributed by atoms with Crippen LogP contribution in [0.2, 0.25) is 0 Å². The van der Waals surface area contributed by atoms with Crippen molar-refractivity contribution >= 4 is 5.84 Å². The van der Waals surface area contributed by atoms with Crippen molar-refractivity contribution in [2.45, 2.75) is 52.4 Å². The molecule has 0 aromatic carbocycles. The Bertz CT molecular complexity index is 217. The largest absolute Gasteiger partial charge is 0.387 e. The zero-order valence-electron chi connectivity index (χ0n) is 10.9. The number of hydrogen-bond acceptors (Lipinski definition) is 2. The van der Waals surface area contributed by atoms with E-state index in [0.717, 1.165) is 6.42 Å². The summed E-state index contributed by atoms with van der Waals surface area (Å²) in [5.74, 6) is 0.325. The van der Waals surface area contributed by atoms with Crippen molar-refractivity contribution < 1.29 is 0 Å². The molecule has 1 saturated heterocycles. The number of rotatable bonds is 6. The Morgan fingerprint density at radius 1 is 1.19 bits per heavy atom. The molecule has 0 aliphatic carbocycles. The SMILES string of the molecule is CC(C)(CCCCN1CCCCC1)C(=N)N. The molecule has 0 amide bonds. The summed E-state index contributed by atoms with van der Waals surface area (Å²) in [6, 6.07) is 0. The molecule has 1 rings (SSSR count). The minimum absolute atomic E-state index is 0.109. The first kappa shape index (κ1) is 13.5. The first-order valence-electron chi connectivity index (χ1n) is 6.59. The smallest absolute Gasteiger partial charge is 0.0963 e. The van der Waals surface area contributed by atoms with Gasteiger partial charge in [-0.3, -0.25) is 5.41 Å². The van der Waals surface area contributed by atoms with E-state index in [1.165, 1.54) is 51.7 Å². The fraction of sp³-hybridized carbons (Fsp3) is 0.923. The van der Waals surface area contributed by atoms with Crippen LogP contribution in [0.1, 0.15) is 52.4 Å². The third-order valence-corrected chi connectivity index (χ3v) is 3.70. The summed E-state index contributed by atoms with van der Waals surface area (Å²) in [7, 11) is 0. The van der Waals surface area contributed by atoms with Crippen LogP contribution >= 0.6 is 0 Å². The highest BCUT2D eigenvalue weighted by Gasteiger charge is 2.20. The number of hydrogen-bond donors (Lipinski definition) is 2. The van der Waals surface area contributed by atoms with Crippen LogP contribution in [0.25, 0.3) is 0 Å². The van der Waals surface area contributed by atoms with Gasteiger partial charge in [-0.25, -0.2) is 0 Å². The minimum Gasteiger partial charge on any atom is -0.387 e. The van der Waals surface area contributed by atoms with E-state index in [2.05, 4.69) is 18.7 Å². The molecule has 16 heavy (non-hydrogen) atoms. The maximum absolute atomic E-state index is 7.50. The van der Waals surface area contributed by atoms with E-state index < -0.39 is 0 Å². The average Bonchev–Trinajstić information content (AvgIpc) is 2.26. The Morgan fingerprint density at radius 2 is 1.81 bits per heavy atom. The molecule has 1 aliphatic heterocycles. The van der Waals surface area contributed by atoms with Gasteiger partial charge in [-0.05, 0) is 45.3 Å². The minimum atomic E-state index is -0.109. The van der Waals surface area contributed by atoms with Crippen LogP contribution in [0.3, 0.4) is 0 Å². The molecule has 0 aromatic heterocycles. The zero-order valence-corrected chi connectivity index (χ0v) is 10.9. The predicted molar refractivity (Wildman–Crippen MR) is 69.8 cm³/mol. The van der Waals surface area contributed by atoms with E-state index in [4.69, 9.17) is 11.1 Å². The number of amidine groups is 1. The number of unbranched alkanes of at least 4 members (excludes halogenated alkanes) is 1. The molecule has 3 heteroatoms. The molecule has 0 atom stereocenters. The van der Waals surface area contributed by atoms with Crippen molar-refractivity contribution in [3.05, 3.63) is 0 Å². The highest BCUT2D eigenvalue weighted by molar-refractivity contribution is 5.82. The summed E-state index contributed by atoms with van der Waals surface area (Å²) in [6.07, 6.45) is 7.63. The molecular weight excluding hydrogens is 198 g/mol. The van der Waals surface area contributed by atoms with Gasteiger partial charge in [-0.15, -0.1) is 0 Å². The van der Waals surface area contributed by atoms with E-state index in [0.29, 0.717) is 5.84 Å². The van der Waals surface area contributed by atoms with Crippen molar-refractivity contribution in [1.82, 2.24) is 4.90 Å². The summed E-state index contributed by atoms with van der Waals surface area (Å²) in [6.45, 7) is 7.94. The lowest BCUT2D eigenvalue weighted by Gasteiger charge is -2.27. The van der Waals surface area contributed by atoms with Crippen LogP contribution in [-0.2, 0) is 0 Å². The molecule has 1 heterocycles. The van der Waals surface area contributed by atoms with Crippen LogP contribution in [-0.4, -0.2) is 30.4 Å². The number of likely N-dealkylation sites (tertiary alicyclic amines) is 1. The first-order chi connectivity index (χ1) is 7.52. The molecule has 0 spiro atoms. The third-order valence-electron chi connectivity index (χ3n) is 3.70. The Kier molecular flexibility index (Phi) is 5.26. The summed E-state index contributed by atoms with van der Waals surface area (Å²) >= 11 is 0. The van der Waals surface area contributed by atoms with Crippen molar-refractivity contribution in [2.75, 3.05) is 19.6 Å². The van der Waals surface area contributed by atoms with Crippen molar-refractivity contribution in [3.63, 3.8) is 0 Å². The Hall–Kier alpha value is -0.570. The van der Waals surface area contributed by atoms with E-state index >= 15 is 0 Å². The lowest BCUT2D eigenvalue weighted by atomic mass is 9.86. The fourth-order valence-corrected chi connectivity index (χ4v) is 2.22. The lowest BCUT2D eigenvalue weighted by molar-refractivity contribution is 0.222. The van der Waals surface area contributed by atoms with Crippen LogP contribution in [0, 0.1) is 10.8 Å². The lowest BCUT2D eigenvalue weighted by Crippen LogP contribution is -2.32. The van der Waals surface area contributed by atoms with Crippen molar-refractivity contribution in [2.24, 2.45) is 11.1 Å². The van der Waals surface area contributed by atoms with Gasteiger partial charge in [0.15, 0.2) is 0 Å². The molecule has 94 valence electrons. The topological polar surface area (TPSA) is 53.1 Å². The molecule has 1 fully saturated rings. The second kappa shape index (κ2) is 6.24. The van der Waals surface area contributed by atoms with E-state index in [9.17, 15) is 0 Å². The molecule has 0 unspecified atom stereocenters. The molecule has 3 nitrogen and oxygen atoms in total. The standard InChI is InChI=1S/C13H27N3/c1-13(2,12(14)15)8-4-7-11-16-9-5-3-6-10-16/h3-11H2,1-2H3,(H3,14,15). The van der Waals surface area contributed by atoms with Crippen molar-refractivity contribution in [1.29, 1.82) is 5.41 Å². The average molecular weight is 225 g/mol. The van der Waals surface area contributed by atoms with Gasteiger partial charge in [0.2, 0.25) is 0 Å². The molecule has 3 N–H and O–H groups in total. The maximum atomic E-state index is 7.50. The third kappa shape index (κ3) is 4.52. The highest BCUT2D eigenvalue weighted by Crippen LogP contribution is 2.22. The molecule has 0 bridgehead atoms. The maximum Gasteiger partial charge on any atom is 0.0963 e. The second-order valence-corrected chi connectivity index (χ2v) is 5.66. The first-order valence-corrected chi connectivity index (χ1v) is 6.59. The van der Waals surface area contributed by atoms with Crippen LogP contribution < -0.4 is 5.73 Å². The Labute approximate surface area is 99.9 Å². The van der Waals surface area contributed by atoms with Crippen LogP contribution in [0.4, 0.5) is 0 Å². The Morgan fingerprint density at radius 3 is 2.38 bits per heavy atom. The fourth-order valence-electron chi connectivity index (χ4n) is 2.22. The van der Waals surface area contributed by atoms with E-state index in [-0.39, 0.29) is 5.41 Å². The monoisotopic (exact) mass is 225 g/mol. The van der Waals surface area contributed by atoms with Crippen LogP contribution in [0.15, 0.2) is 0 Å². The van der Waals surface area contributed by atoms with Gasteiger partial charge in [0.05, 0.1) is 5.84 Å². The number of nitrogens with zero attached hydrogens (tertiary/aromatic N) is 1. The van der Waals surface area contributed by atoms with Gasteiger partial charge in [0.25, 0.3) is 0 Å². The van der Waals surface area contributed by atoms with Gasteiger partial charge in [0, 0.05) is 5.41 Å². The van der Waals surface area contributed by atoms with E-state index in [1.54, 1.807) is 0 Å². The number of nitrogens with one attached hydrogen (secondary N) is 1. The van der Waals surface area contributed by atoms with Gasteiger partial charge in [-0.1, -0.05) is 26.7 Å². The number of piperidine rings is 1. The van der Waals surface area contributed by atoms with E-state index in [1.807, 2.05) is 0 Å². The number of nitrogens with two attached hydrogens (primary N) is 1. The van der Waals surface area contributed by atoms with Crippen molar-refractivity contribution in [3.8, 4) is 0 Å². The van der Waals surface area contributed by atoms with Gasteiger partial charge in [-0.2, -0.15) is 0 Å². The normalized spacial score (nSPS) is 18.6. The summed E-state index contributed by atoms with van der Waals surface area (Å²) < 4.78 is 0. The van der Waals surface area contributed by atoms with Gasteiger partial charge >= 0.3 is 0 Å². The zero-order chi connectivity index (χ0) is 12.0. The van der Waals surface area contributed by atoms with Gasteiger partial charge < -0.3 is 10.6 Å². The van der Waals surface area contributed by atoms with Crippen LogP contribution in [0.5, 0.6) is 0 Å². The molecule has 0 aromatic rings. The Balaban J connectivity index is 2.09. The molecule has 1 aliphatic rings. The quantitative estimate of drug-likeness (QED) is 0.415. The predicted octanol–water partition coefficient (Wildman–Crippen LogP) is 2.60. The summed E-state index contributed by atoms with van der Waals surface area (Å²) in [5, 5.41) is 7.50.